The van der Waals surface area contributed by atoms with E-state index in [1.54, 1.807) is 0 Å². The van der Waals surface area contributed by atoms with E-state index in [1.165, 1.54) is 12.8 Å². The fraction of sp³-hybridized carbons (Fsp3) is 0.944. The number of hydrogen-bond donors (Lipinski definition) is 1. The average Bonchev–Trinajstić information content (AvgIpc) is 3.29. The molecule has 0 aromatic heterocycles. The number of amides is 1. The topological polar surface area (TPSA) is 44.8 Å². The summed E-state index contributed by atoms with van der Waals surface area (Å²) < 4.78 is 5.80. The third-order valence-corrected chi connectivity index (χ3v) is 4.49. The van der Waals surface area contributed by atoms with E-state index in [0.29, 0.717) is 19.0 Å². The van der Waals surface area contributed by atoms with Gasteiger partial charge in [0.15, 0.2) is 0 Å². The van der Waals surface area contributed by atoms with Crippen molar-refractivity contribution in [3.63, 3.8) is 0 Å². The highest BCUT2D eigenvalue weighted by atomic mass is 16.5. The van der Waals surface area contributed by atoms with Gasteiger partial charge in [-0.15, -0.1) is 0 Å². The number of nitrogens with one attached hydrogen (secondary N) is 1. The van der Waals surface area contributed by atoms with Crippen LogP contribution in [0.15, 0.2) is 0 Å². The Bertz CT molecular complexity index is 358. The van der Waals surface area contributed by atoms with E-state index in [4.69, 9.17) is 4.74 Å². The van der Waals surface area contributed by atoms with Crippen molar-refractivity contribution in [1.82, 2.24) is 15.1 Å². The minimum atomic E-state index is 0.134. The Balaban J connectivity index is 1.66. The summed E-state index contributed by atoms with van der Waals surface area (Å²) in [5, 5.41) is 3.08. The number of hydrogen-bond acceptors (Lipinski definition) is 4. The summed E-state index contributed by atoms with van der Waals surface area (Å²) >= 11 is 0. The lowest BCUT2D eigenvalue weighted by Crippen LogP contribution is -2.49. The van der Waals surface area contributed by atoms with E-state index in [-0.39, 0.29) is 12.0 Å². The summed E-state index contributed by atoms with van der Waals surface area (Å²) in [6, 6.07) is 0. The Kier molecular flexibility index (Phi) is 7.80. The monoisotopic (exact) mass is 325 g/mol. The summed E-state index contributed by atoms with van der Waals surface area (Å²) in [5.41, 5.74) is 0. The lowest BCUT2D eigenvalue weighted by molar-refractivity contribution is -0.123. The van der Waals surface area contributed by atoms with Crippen LogP contribution in [0.4, 0.5) is 0 Å². The first-order valence-electron chi connectivity index (χ1n) is 9.39. The quantitative estimate of drug-likeness (QED) is 0.662. The molecule has 1 atom stereocenters. The first-order valence-corrected chi connectivity index (χ1v) is 9.39. The van der Waals surface area contributed by atoms with Crippen molar-refractivity contribution in [2.45, 2.75) is 46.1 Å². The zero-order chi connectivity index (χ0) is 16.7. The summed E-state index contributed by atoms with van der Waals surface area (Å²) in [6.07, 6.45) is 3.91. The van der Waals surface area contributed by atoms with Gasteiger partial charge in [-0.3, -0.25) is 14.6 Å². The molecule has 134 valence electrons. The molecule has 2 rings (SSSR count). The first-order chi connectivity index (χ1) is 11.1. The molecule has 0 aromatic carbocycles. The van der Waals surface area contributed by atoms with Crippen LogP contribution in [0.25, 0.3) is 0 Å². The second-order valence-corrected chi connectivity index (χ2v) is 7.63. The molecule has 1 saturated heterocycles. The second-order valence-electron chi connectivity index (χ2n) is 7.63. The van der Waals surface area contributed by atoms with Crippen molar-refractivity contribution < 1.29 is 9.53 Å². The maximum Gasteiger partial charge on any atom is 0.234 e. The van der Waals surface area contributed by atoms with Crippen LogP contribution in [0.5, 0.6) is 0 Å². The fourth-order valence-electron chi connectivity index (χ4n) is 3.29. The normalized spacial score (nSPS) is 22.7. The Morgan fingerprint density at radius 2 is 2.17 bits per heavy atom. The molecule has 1 heterocycles. The first kappa shape index (κ1) is 18.7. The highest BCUT2D eigenvalue weighted by Crippen LogP contribution is 2.29. The van der Waals surface area contributed by atoms with Crippen LogP contribution >= 0.6 is 0 Å². The highest BCUT2D eigenvalue weighted by molar-refractivity contribution is 5.78. The van der Waals surface area contributed by atoms with Crippen LogP contribution < -0.4 is 5.32 Å². The predicted octanol–water partition coefficient (Wildman–Crippen LogP) is 1.58. The summed E-state index contributed by atoms with van der Waals surface area (Å²) in [4.78, 5) is 17.0. The van der Waals surface area contributed by atoms with Gasteiger partial charge in [-0.05, 0) is 37.6 Å². The van der Waals surface area contributed by atoms with Gasteiger partial charge in [0.2, 0.25) is 5.91 Å². The van der Waals surface area contributed by atoms with Crippen LogP contribution in [-0.4, -0.2) is 74.2 Å². The molecule has 23 heavy (non-hydrogen) atoms. The second kappa shape index (κ2) is 9.60. The molecule has 1 aliphatic carbocycles. The van der Waals surface area contributed by atoms with Crippen molar-refractivity contribution in [2.24, 2.45) is 11.8 Å². The number of morpholine rings is 1. The van der Waals surface area contributed by atoms with E-state index >= 15 is 0 Å². The van der Waals surface area contributed by atoms with Gasteiger partial charge in [-0.2, -0.15) is 0 Å². The summed E-state index contributed by atoms with van der Waals surface area (Å²) in [7, 11) is 0. The molecule has 0 radical (unpaired) electrons. The van der Waals surface area contributed by atoms with E-state index in [2.05, 4.69) is 35.9 Å². The smallest absolute Gasteiger partial charge is 0.234 e. The van der Waals surface area contributed by atoms with E-state index < -0.39 is 0 Å². The summed E-state index contributed by atoms with van der Waals surface area (Å²) in [5.74, 6) is 1.65. The van der Waals surface area contributed by atoms with Crippen molar-refractivity contribution in [2.75, 3.05) is 52.4 Å². The van der Waals surface area contributed by atoms with Gasteiger partial charge >= 0.3 is 0 Å². The zero-order valence-corrected chi connectivity index (χ0v) is 15.2. The number of carbonyl (C=O) groups excluding carboxylic acids is 1. The van der Waals surface area contributed by atoms with Crippen LogP contribution in [0, 0.1) is 11.8 Å². The van der Waals surface area contributed by atoms with Gasteiger partial charge in [0.1, 0.15) is 0 Å². The van der Waals surface area contributed by atoms with Gasteiger partial charge in [-0.1, -0.05) is 20.8 Å². The molecule has 0 aromatic rings. The van der Waals surface area contributed by atoms with Crippen molar-refractivity contribution >= 4 is 5.91 Å². The molecule has 1 amide bonds. The van der Waals surface area contributed by atoms with Crippen molar-refractivity contribution in [3.05, 3.63) is 0 Å². The molecular formula is C18H35N3O2. The number of rotatable bonds is 10. The molecule has 2 aliphatic rings. The predicted molar refractivity (Wildman–Crippen MR) is 93.5 cm³/mol. The Morgan fingerprint density at radius 1 is 1.39 bits per heavy atom. The maximum absolute atomic E-state index is 12.2. The Labute approximate surface area is 141 Å². The SMILES string of the molecule is CCCN(CC(=O)NCC1CN(CC(C)C)CCO1)CC1CC1. The van der Waals surface area contributed by atoms with Gasteiger partial charge in [0.05, 0.1) is 19.3 Å². The lowest BCUT2D eigenvalue weighted by Gasteiger charge is -2.34. The molecular weight excluding hydrogens is 290 g/mol. The Morgan fingerprint density at radius 3 is 2.83 bits per heavy atom. The largest absolute Gasteiger partial charge is 0.374 e. The minimum absolute atomic E-state index is 0.134. The Hall–Kier alpha value is -0.650. The fourth-order valence-corrected chi connectivity index (χ4v) is 3.29. The van der Waals surface area contributed by atoms with Gasteiger partial charge in [-0.25, -0.2) is 0 Å². The van der Waals surface area contributed by atoms with Crippen LogP contribution in [-0.2, 0) is 9.53 Å². The molecule has 1 N–H and O–H groups in total. The van der Waals surface area contributed by atoms with E-state index in [9.17, 15) is 4.79 Å². The third-order valence-electron chi connectivity index (χ3n) is 4.49. The molecule has 5 heteroatoms. The maximum atomic E-state index is 12.2. The standard InChI is InChI=1S/C18H35N3O2/c1-4-7-20(12-16-5-6-16)14-18(22)19-10-17-13-21(8-9-23-17)11-15(2)3/h15-17H,4-14H2,1-3H3,(H,19,22). The molecule has 2 fully saturated rings. The molecule has 0 bridgehead atoms. The van der Waals surface area contributed by atoms with Crippen LogP contribution in [0.3, 0.4) is 0 Å². The van der Waals surface area contributed by atoms with Crippen LogP contribution in [0.2, 0.25) is 0 Å². The molecule has 5 nitrogen and oxygen atoms in total. The third kappa shape index (κ3) is 7.64. The van der Waals surface area contributed by atoms with Gasteiger partial charge in [0, 0.05) is 32.7 Å². The highest BCUT2D eigenvalue weighted by Gasteiger charge is 2.25. The summed E-state index contributed by atoms with van der Waals surface area (Å²) in [6.45, 7) is 13.8. The molecule has 1 saturated carbocycles. The molecule has 1 aliphatic heterocycles. The van der Waals surface area contributed by atoms with E-state index in [1.807, 2.05) is 0 Å². The zero-order valence-electron chi connectivity index (χ0n) is 15.2. The average molecular weight is 325 g/mol. The minimum Gasteiger partial charge on any atom is -0.374 e. The lowest BCUT2D eigenvalue weighted by atomic mass is 10.2. The van der Waals surface area contributed by atoms with Crippen LogP contribution in [0.1, 0.15) is 40.0 Å². The number of nitrogens with zero attached hydrogens (tertiary/aromatic N) is 2. The number of ether oxygens (including phenoxy) is 1. The van der Waals surface area contributed by atoms with Crippen molar-refractivity contribution in [1.29, 1.82) is 0 Å². The number of carbonyl (C=O) groups is 1. The van der Waals surface area contributed by atoms with Gasteiger partial charge < -0.3 is 10.1 Å². The molecule has 0 spiro atoms. The molecule has 1 unspecified atom stereocenters. The van der Waals surface area contributed by atoms with Gasteiger partial charge in [0.25, 0.3) is 0 Å². The van der Waals surface area contributed by atoms with Crippen molar-refractivity contribution in [3.8, 4) is 0 Å². The van der Waals surface area contributed by atoms with E-state index in [0.717, 1.165) is 51.7 Å².